The average Bonchev–Trinajstić information content (AvgIpc) is 2.77. The zero-order valence-corrected chi connectivity index (χ0v) is 9.58. The molecule has 3 nitrogen and oxygen atoms in total. The van der Waals surface area contributed by atoms with Gasteiger partial charge in [0.1, 0.15) is 5.82 Å². The first-order chi connectivity index (χ1) is 7.77. The van der Waals surface area contributed by atoms with Gasteiger partial charge in [0.2, 0.25) is 0 Å². The topological polar surface area (TPSA) is 30.7 Å². The molecule has 2 aromatic rings. The Balaban J connectivity index is 2.56. The molecule has 0 radical (unpaired) electrons. The van der Waals surface area contributed by atoms with Crippen LogP contribution in [0.3, 0.4) is 0 Å². The van der Waals surface area contributed by atoms with Gasteiger partial charge in [0, 0.05) is 30.6 Å². The van der Waals surface area contributed by atoms with E-state index in [4.69, 9.17) is 11.6 Å². The summed E-state index contributed by atoms with van der Waals surface area (Å²) in [7, 11) is 0. The summed E-state index contributed by atoms with van der Waals surface area (Å²) >= 11 is 5.65. The molecule has 0 unspecified atom stereocenters. The van der Waals surface area contributed by atoms with E-state index < -0.39 is 0 Å². The lowest BCUT2D eigenvalue weighted by Gasteiger charge is -2.08. The summed E-state index contributed by atoms with van der Waals surface area (Å²) < 4.78 is 15.6. The minimum absolute atomic E-state index is 0.136. The maximum Gasteiger partial charge on any atom is 0.174 e. The van der Waals surface area contributed by atoms with E-state index >= 15 is 0 Å². The molecule has 2 rings (SSSR count). The third-order valence-electron chi connectivity index (χ3n) is 2.36. The van der Waals surface area contributed by atoms with Gasteiger partial charge in [-0.3, -0.25) is 4.57 Å². The molecule has 16 heavy (non-hydrogen) atoms. The molecule has 0 saturated carbocycles. The second-order valence-corrected chi connectivity index (χ2v) is 3.58. The molecule has 0 bridgehead atoms. The van der Waals surface area contributed by atoms with Crippen LogP contribution in [-0.4, -0.2) is 14.5 Å². The van der Waals surface area contributed by atoms with Crippen molar-refractivity contribution >= 4 is 11.6 Å². The van der Waals surface area contributed by atoms with E-state index in [0.717, 1.165) is 12.2 Å². The predicted octanol–water partition coefficient (Wildman–Crippen LogP) is 2.71. The molecule has 0 aromatic carbocycles. The molecule has 0 aliphatic rings. The molecule has 2 aromatic heterocycles. The second-order valence-electron chi connectivity index (χ2n) is 3.31. The van der Waals surface area contributed by atoms with Gasteiger partial charge in [0.05, 0.1) is 5.88 Å². The van der Waals surface area contributed by atoms with Crippen LogP contribution >= 0.6 is 11.6 Å². The summed E-state index contributed by atoms with van der Waals surface area (Å²) in [6.07, 6.45) is 5.60. The van der Waals surface area contributed by atoms with Gasteiger partial charge in [-0.25, -0.2) is 14.4 Å². The first-order valence-electron chi connectivity index (χ1n) is 4.99. The average molecular weight is 240 g/mol. The number of imidazole rings is 1. The van der Waals surface area contributed by atoms with Crippen LogP contribution in [-0.2, 0) is 12.3 Å². The van der Waals surface area contributed by atoms with Crippen molar-refractivity contribution in [3.8, 4) is 5.82 Å². The van der Waals surface area contributed by atoms with Crippen LogP contribution in [0, 0.1) is 5.82 Å². The van der Waals surface area contributed by atoms with Gasteiger partial charge in [0.15, 0.2) is 11.6 Å². The van der Waals surface area contributed by atoms with Crippen molar-refractivity contribution in [3.05, 3.63) is 41.9 Å². The second kappa shape index (κ2) is 4.61. The van der Waals surface area contributed by atoms with E-state index in [-0.39, 0.29) is 17.5 Å². The molecule has 0 saturated heterocycles. The maximum absolute atomic E-state index is 14.0. The van der Waals surface area contributed by atoms with E-state index in [9.17, 15) is 4.39 Å². The Kier molecular flexibility index (Phi) is 3.19. The van der Waals surface area contributed by atoms with Crippen LogP contribution in [0.1, 0.15) is 18.3 Å². The minimum atomic E-state index is -0.384. The third-order valence-corrected chi connectivity index (χ3v) is 2.64. The summed E-state index contributed by atoms with van der Waals surface area (Å²) in [5.41, 5.74) is 0.447. The van der Waals surface area contributed by atoms with E-state index in [1.165, 1.54) is 0 Å². The number of halogens is 2. The Morgan fingerprint density at radius 3 is 2.88 bits per heavy atom. The Bertz CT molecular complexity index is 496. The monoisotopic (exact) mass is 239 g/mol. The molecule has 0 spiro atoms. The smallest absolute Gasteiger partial charge is 0.174 e. The van der Waals surface area contributed by atoms with Crippen LogP contribution in [0.25, 0.3) is 5.82 Å². The number of alkyl halides is 1. The molecule has 84 valence electrons. The number of aromatic nitrogens is 3. The van der Waals surface area contributed by atoms with Crippen molar-refractivity contribution in [2.24, 2.45) is 0 Å². The lowest BCUT2D eigenvalue weighted by Crippen LogP contribution is -2.06. The number of aryl methyl sites for hydroxylation is 1. The molecule has 0 aliphatic carbocycles. The molecular formula is C11H11ClFN3. The Labute approximate surface area is 97.9 Å². The lowest BCUT2D eigenvalue weighted by molar-refractivity contribution is 0.595. The van der Waals surface area contributed by atoms with E-state index in [1.807, 2.05) is 6.92 Å². The number of hydrogen-bond acceptors (Lipinski definition) is 2. The van der Waals surface area contributed by atoms with Crippen LogP contribution < -0.4 is 0 Å². The molecular weight excluding hydrogens is 229 g/mol. The fraction of sp³-hybridized carbons (Fsp3) is 0.273. The highest BCUT2D eigenvalue weighted by atomic mass is 35.5. The van der Waals surface area contributed by atoms with Crippen molar-refractivity contribution in [3.63, 3.8) is 0 Å². The van der Waals surface area contributed by atoms with Gasteiger partial charge < -0.3 is 0 Å². The standard InChI is InChI=1S/C11H11ClFN3/c1-2-9-14-5-6-16(9)11-10(13)8(7-12)3-4-15-11/h3-6H,2,7H2,1H3. The maximum atomic E-state index is 14.0. The number of pyridine rings is 1. The van der Waals surface area contributed by atoms with Crippen LogP contribution in [0.15, 0.2) is 24.7 Å². The number of hydrogen-bond donors (Lipinski definition) is 0. The summed E-state index contributed by atoms with van der Waals surface area (Å²) in [5, 5.41) is 0. The van der Waals surface area contributed by atoms with Crippen molar-refractivity contribution in [2.45, 2.75) is 19.2 Å². The third kappa shape index (κ3) is 1.80. The fourth-order valence-electron chi connectivity index (χ4n) is 1.53. The number of rotatable bonds is 3. The van der Waals surface area contributed by atoms with Gasteiger partial charge in [-0.1, -0.05) is 6.92 Å². The van der Waals surface area contributed by atoms with E-state index in [1.54, 1.807) is 29.2 Å². The fourth-order valence-corrected chi connectivity index (χ4v) is 1.74. The molecule has 0 fully saturated rings. The summed E-state index contributed by atoms with van der Waals surface area (Å²) in [5.74, 6) is 0.785. The van der Waals surface area contributed by atoms with Crippen molar-refractivity contribution in [1.82, 2.24) is 14.5 Å². The number of nitrogens with zero attached hydrogens (tertiary/aromatic N) is 3. The molecule has 0 amide bonds. The summed E-state index contributed by atoms with van der Waals surface area (Å²) in [6, 6.07) is 1.58. The zero-order valence-electron chi connectivity index (χ0n) is 8.82. The molecule has 0 N–H and O–H groups in total. The van der Waals surface area contributed by atoms with Crippen molar-refractivity contribution in [2.75, 3.05) is 0 Å². The lowest BCUT2D eigenvalue weighted by atomic mass is 10.2. The first kappa shape index (κ1) is 11.1. The van der Waals surface area contributed by atoms with Crippen LogP contribution in [0.5, 0.6) is 0 Å². The van der Waals surface area contributed by atoms with Crippen LogP contribution in [0.4, 0.5) is 4.39 Å². The SMILES string of the molecule is CCc1nccn1-c1nccc(CCl)c1F. The Morgan fingerprint density at radius 2 is 2.19 bits per heavy atom. The highest BCUT2D eigenvalue weighted by Gasteiger charge is 2.12. The van der Waals surface area contributed by atoms with Gasteiger partial charge in [-0.05, 0) is 6.07 Å². The molecule has 0 atom stereocenters. The highest BCUT2D eigenvalue weighted by molar-refractivity contribution is 6.17. The Hall–Kier alpha value is -1.42. The van der Waals surface area contributed by atoms with Crippen molar-refractivity contribution in [1.29, 1.82) is 0 Å². The largest absolute Gasteiger partial charge is 0.285 e. The van der Waals surface area contributed by atoms with Gasteiger partial charge in [0.25, 0.3) is 0 Å². The van der Waals surface area contributed by atoms with Gasteiger partial charge >= 0.3 is 0 Å². The van der Waals surface area contributed by atoms with Gasteiger partial charge in [-0.15, -0.1) is 11.6 Å². The predicted molar refractivity (Wildman–Crippen MR) is 60.3 cm³/mol. The quantitative estimate of drug-likeness (QED) is 0.771. The molecule has 2 heterocycles. The van der Waals surface area contributed by atoms with E-state index in [2.05, 4.69) is 9.97 Å². The van der Waals surface area contributed by atoms with Gasteiger partial charge in [-0.2, -0.15) is 0 Å². The van der Waals surface area contributed by atoms with Crippen LogP contribution in [0.2, 0.25) is 0 Å². The van der Waals surface area contributed by atoms with Crippen molar-refractivity contribution < 1.29 is 4.39 Å². The zero-order chi connectivity index (χ0) is 11.5. The minimum Gasteiger partial charge on any atom is -0.285 e. The highest BCUT2D eigenvalue weighted by Crippen LogP contribution is 2.17. The normalized spacial score (nSPS) is 10.7. The van der Waals surface area contributed by atoms with E-state index in [0.29, 0.717) is 5.56 Å². The summed E-state index contributed by atoms with van der Waals surface area (Å²) in [6.45, 7) is 1.96. The Morgan fingerprint density at radius 1 is 1.38 bits per heavy atom. The molecule has 0 aliphatic heterocycles. The molecule has 5 heteroatoms. The first-order valence-corrected chi connectivity index (χ1v) is 5.53. The summed E-state index contributed by atoms with van der Waals surface area (Å²) in [4.78, 5) is 8.16.